The van der Waals surface area contributed by atoms with Crippen molar-refractivity contribution in [3.8, 4) is 0 Å². The van der Waals surface area contributed by atoms with Crippen LogP contribution in [-0.4, -0.2) is 15.9 Å². The molecule has 6 heteroatoms. The first-order valence-electron chi connectivity index (χ1n) is 8.63. The number of aromatic nitrogens is 2. The number of nitrogens with one attached hydrogen (secondary N) is 2. The van der Waals surface area contributed by atoms with Crippen LogP contribution in [0.4, 0.5) is 11.5 Å². The molecule has 3 rings (SSSR count). The van der Waals surface area contributed by atoms with Gasteiger partial charge < -0.3 is 10.6 Å². The van der Waals surface area contributed by atoms with Gasteiger partial charge in [0.05, 0.1) is 0 Å². The normalized spacial score (nSPS) is 10.5. The van der Waals surface area contributed by atoms with E-state index >= 15 is 0 Å². The number of carbonyl (C=O) groups excluding carboxylic acids is 1. The van der Waals surface area contributed by atoms with Crippen molar-refractivity contribution in [2.75, 3.05) is 5.32 Å². The van der Waals surface area contributed by atoms with E-state index in [2.05, 4.69) is 26.7 Å². The largest absolute Gasteiger partial charge is 0.347 e. The van der Waals surface area contributed by atoms with E-state index in [-0.39, 0.29) is 5.91 Å². The zero-order chi connectivity index (χ0) is 19.4. The number of carbonyl (C=O) groups is 1. The first-order valence-corrected chi connectivity index (χ1v) is 9.00. The molecular formula is C21H21ClN4O. The molecule has 0 aliphatic rings. The Kier molecular flexibility index (Phi) is 5.72. The monoisotopic (exact) mass is 380 g/mol. The number of hydrogen-bond donors (Lipinski definition) is 2. The number of anilines is 2. The highest BCUT2D eigenvalue weighted by molar-refractivity contribution is 6.30. The van der Waals surface area contributed by atoms with E-state index in [4.69, 9.17) is 11.6 Å². The standard InChI is InChI=1S/C21H21ClN4O/c1-13-8-14(2)10-18(9-13)26-20-11-19(24-15(3)25-20)21(27)23-12-16-4-6-17(22)7-5-16/h4-11H,12H2,1-3H3,(H,23,27)(H,24,25,26). The van der Waals surface area contributed by atoms with Gasteiger partial charge in [0.1, 0.15) is 17.3 Å². The van der Waals surface area contributed by atoms with Gasteiger partial charge in [-0.05, 0) is 61.7 Å². The summed E-state index contributed by atoms with van der Waals surface area (Å²) < 4.78 is 0. The van der Waals surface area contributed by atoms with Gasteiger partial charge in [-0.25, -0.2) is 9.97 Å². The summed E-state index contributed by atoms with van der Waals surface area (Å²) in [5, 5.41) is 6.79. The molecule has 138 valence electrons. The lowest BCUT2D eigenvalue weighted by Gasteiger charge is -2.10. The van der Waals surface area contributed by atoms with Crippen molar-refractivity contribution in [2.24, 2.45) is 0 Å². The molecule has 0 aliphatic heterocycles. The van der Waals surface area contributed by atoms with Crippen molar-refractivity contribution in [3.63, 3.8) is 0 Å². The molecule has 0 fully saturated rings. The molecule has 0 spiro atoms. The van der Waals surface area contributed by atoms with Crippen LogP contribution in [0.15, 0.2) is 48.5 Å². The second-order valence-electron chi connectivity index (χ2n) is 6.50. The Morgan fingerprint density at radius 1 is 0.963 bits per heavy atom. The van der Waals surface area contributed by atoms with Crippen LogP contribution in [0.5, 0.6) is 0 Å². The van der Waals surface area contributed by atoms with E-state index in [0.29, 0.717) is 28.9 Å². The lowest BCUT2D eigenvalue weighted by atomic mass is 10.1. The summed E-state index contributed by atoms with van der Waals surface area (Å²) in [6.07, 6.45) is 0. The molecule has 0 unspecified atom stereocenters. The molecule has 3 aromatic rings. The lowest BCUT2D eigenvalue weighted by molar-refractivity contribution is 0.0945. The Bertz CT molecular complexity index is 950. The van der Waals surface area contributed by atoms with E-state index in [1.54, 1.807) is 25.1 Å². The quantitative estimate of drug-likeness (QED) is 0.671. The highest BCUT2D eigenvalue weighted by Crippen LogP contribution is 2.19. The summed E-state index contributed by atoms with van der Waals surface area (Å²) >= 11 is 5.88. The molecule has 0 saturated carbocycles. The summed E-state index contributed by atoms with van der Waals surface area (Å²) in [5.41, 5.74) is 4.53. The Morgan fingerprint density at radius 2 is 1.63 bits per heavy atom. The maximum Gasteiger partial charge on any atom is 0.270 e. The second kappa shape index (κ2) is 8.18. The first-order chi connectivity index (χ1) is 12.9. The summed E-state index contributed by atoms with van der Waals surface area (Å²) in [6.45, 7) is 6.25. The van der Waals surface area contributed by atoms with Gasteiger partial charge in [-0.2, -0.15) is 0 Å². The van der Waals surface area contributed by atoms with Crippen molar-refractivity contribution >= 4 is 29.0 Å². The SMILES string of the molecule is Cc1cc(C)cc(Nc2cc(C(=O)NCc3ccc(Cl)cc3)nc(C)n2)c1. The minimum absolute atomic E-state index is 0.251. The minimum Gasteiger partial charge on any atom is -0.347 e. The third-order valence-electron chi connectivity index (χ3n) is 3.93. The molecule has 0 atom stereocenters. The molecule has 1 amide bonds. The number of amides is 1. The van der Waals surface area contributed by atoms with Crippen molar-refractivity contribution < 1.29 is 4.79 Å². The molecular weight excluding hydrogens is 360 g/mol. The van der Waals surface area contributed by atoms with E-state index < -0.39 is 0 Å². The molecule has 0 radical (unpaired) electrons. The maximum absolute atomic E-state index is 12.5. The summed E-state index contributed by atoms with van der Waals surface area (Å²) in [4.78, 5) is 21.1. The topological polar surface area (TPSA) is 66.9 Å². The number of nitrogens with zero attached hydrogens (tertiary/aromatic N) is 2. The number of halogens is 1. The highest BCUT2D eigenvalue weighted by atomic mass is 35.5. The van der Waals surface area contributed by atoms with Gasteiger partial charge in [0.15, 0.2) is 0 Å². The third-order valence-corrected chi connectivity index (χ3v) is 4.18. The Labute approximate surface area is 163 Å². The van der Waals surface area contributed by atoms with Crippen molar-refractivity contribution in [1.29, 1.82) is 0 Å². The molecule has 1 aromatic heterocycles. The number of rotatable bonds is 5. The molecule has 0 bridgehead atoms. The van der Waals surface area contributed by atoms with Crippen LogP contribution in [0, 0.1) is 20.8 Å². The molecule has 2 aromatic carbocycles. The van der Waals surface area contributed by atoms with Gasteiger partial charge >= 0.3 is 0 Å². The fraction of sp³-hybridized carbons (Fsp3) is 0.190. The highest BCUT2D eigenvalue weighted by Gasteiger charge is 2.11. The van der Waals surface area contributed by atoms with Gasteiger partial charge in [-0.3, -0.25) is 4.79 Å². The Hall–Kier alpha value is -2.92. The smallest absolute Gasteiger partial charge is 0.270 e. The molecule has 2 N–H and O–H groups in total. The van der Waals surface area contributed by atoms with E-state index in [1.807, 2.05) is 38.1 Å². The van der Waals surface area contributed by atoms with Gasteiger partial charge in [-0.1, -0.05) is 29.8 Å². The van der Waals surface area contributed by atoms with Crippen molar-refractivity contribution in [2.45, 2.75) is 27.3 Å². The average molecular weight is 381 g/mol. The third kappa shape index (κ3) is 5.28. The zero-order valence-electron chi connectivity index (χ0n) is 15.5. The molecule has 27 heavy (non-hydrogen) atoms. The number of aryl methyl sites for hydroxylation is 3. The molecule has 0 aliphatic carbocycles. The Morgan fingerprint density at radius 3 is 2.30 bits per heavy atom. The van der Waals surface area contributed by atoms with Crippen LogP contribution in [0.1, 0.15) is 33.0 Å². The lowest BCUT2D eigenvalue weighted by Crippen LogP contribution is -2.24. The van der Waals surface area contributed by atoms with Crippen LogP contribution in [0.25, 0.3) is 0 Å². The van der Waals surface area contributed by atoms with Gasteiger partial charge in [0, 0.05) is 23.3 Å². The zero-order valence-corrected chi connectivity index (χ0v) is 16.3. The van der Waals surface area contributed by atoms with E-state index in [0.717, 1.165) is 22.4 Å². The van der Waals surface area contributed by atoms with Crippen LogP contribution in [0.3, 0.4) is 0 Å². The summed E-state index contributed by atoms with van der Waals surface area (Å²) in [7, 11) is 0. The predicted molar refractivity (Wildman–Crippen MR) is 109 cm³/mol. The van der Waals surface area contributed by atoms with Gasteiger partial charge in [0.25, 0.3) is 5.91 Å². The van der Waals surface area contributed by atoms with Crippen molar-refractivity contribution in [3.05, 3.63) is 81.8 Å². The molecule has 1 heterocycles. The number of benzene rings is 2. The van der Waals surface area contributed by atoms with Crippen molar-refractivity contribution in [1.82, 2.24) is 15.3 Å². The second-order valence-corrected chi connectivity index (χ2v) is 6.93. The average Bonchev–Trinajstić information content (AvgIpc) is 2.59. The summed E-state index contributed by atoms with van der Waals surface area (Å²) in [6, 6.07) is 15.2. The van der Waals surface area contributed by atoms with Crippen LogP contribution >= 0.6 is 11.6 Å². The Balaban J connectivity index is 1.73. The van der Waals surface area contributed by atoms with Gasteiger partial charge in [-0.15, -0.1) is 0 Å². The van der Waals surface area contributed by atoms with Crippen LogP contribution < -0.4 is 10.6 Å². The minimum atomic E-state index is -0.251. The number of hydrogen-bond acceptors (Lipinski definition) is 4. The fourth-order valence-electron chi connectivity index (χ4n) is 2.82. The van der Waals surface area contributed by atoms with Gasteiger partial charge in [0.2, 0.25) is 0 Å². The molecule has 0 saturated heterocycles. The van der Waals surface area contributed by atoms with Crippen LogP contribution in [-0.2, 0) is 6.54 Å². The fourth-order valence-corrected chi connectivity index (χ4v) is 2.94. The van der Waals surface area contributed by atoms with E-state index in [9.17, 15) is 4.79 Å². The maximum atomic E-state index is 12.5. The first kappa shape index (κ1) is 18.9. The predicted octanol–water partition coefficient (Wildman–Crippen LogP) is 4.73. The van der Waals surface area contributed by atoms with Crippen LogP contribution in [0.2, 0.25) is 5.02 Å². The summed E-state index contributed by atoms with van der Waals surface area (Å²) in [5.74, 6) is 0.865. The molecule has 5 nitrogen and oxygen atoms in total. The van der Waals surface area contributed by atoms with E-state index in [1.165, 1.54) is 0 Å².